The summed E-state index contributed by atoms with van der Waals surface area (Å²) in [5.41, 5.74) is 0. The highest BCUT2D eigenvalue weighted by Gasteiger charge is 2.06. The molecule has 72 valence electrons. The summed E-state index contributed by atoms with van der Waals surface area (Å²) in [5, 5.41) is 6.33. The number of hydrogen-bond acceptors (Lipinski definition) is 4. The van der Waals surface area contributed by atoms with Crippen LogP contribution in [0.2, 0.25) is 0 Å². The highest BCUT2D eigenvalue weighted by molar-refractivity contribution is 7.07. The number of nitrogens with one attached hydrogen (secondary N) is 1. The number of rotatable bonds is 5. The Morgan fingerprint density at radius 3 is 3.08 bits per heavy atom. The van der Waals surface area contributed by atoms with E-state index in [-0.39, 0.29) is 5.91 Å². The summed E-state index contributed by atoms with van der Waals surface area (Å²) in [6, 6.07) is 0. The minimum absolute atomic E-state index is 0.107. The van der Waals surface area contributed by atoms with Crippen molar-refractivity contribution in [3.63, 3.8) is 0 Å². The number of nitrogens with zero attached hydrogens (tertiary/aromatic N) is 2. The molecule has 0 radical (unpaired) electrons. The normalized spacial score (nSPS) is 9.92. The van der Waals surface area contributed by atoms with Gasteiger partial charge < -0.3 is 5.32 Å². The first kappa shape index (κ1) is 10.4. The van der Waals surface area contributed by atoms with E-state index in [0.29, 0.717) is 17.3 Å². The molecule has 0 bridgehead atoms. The van der Waals surface area contributed by atoms with Gasteiger partial charge in [-0.2, -0.15) is 0 Å². The van der Waals surface area contributed by atoms with Gasteiger partial charge in [-0.1, -0.05) is 4.49 Å². The number of hydrogen-bond donors (Lipinski definition) is 1. The van der Waals surface area contributed by atoms with Crippen LogP contribution in [0.4, 0.5) is 0 Å². The Kier molecular flexibility index (Phi) is 4.70. The summed E-state index contributed by atoms with van der Waals surface area (Å²) in [6.07, 6.45) is 3.28. The van der Waals surface area contributed by atoms with E-state index in [9.17, 15) is 4.79 Å². The predicted octanol–water partition coefficient (Wildman–Crippen LogP) is 1.29. The van der Waals surface area contributed by atoms with Gasteiger partial charge in [0.2, 0.25) is 0 Å². The third-order valence-electron chi connectivity index (χ3n) is 1.43. The van der Waals surface area contributed by atoms with Crippen molar-refractivity contribution in [3.8, 4) is 0 Å². The summed E-state index contributed by atoms with van der Waals surface area (Å²) >= 11 is 6.58. The first-order valence-corrected chi connectivity index (χ1v) is 5.27. The van der Waals surface area contributed by atoms with Gasteiger partial charge >= 0.3 is 0 Å². The molecular weight excluding hydrogens is 210 g/mol. The molecule has 1 rings (SSSR count). The van der Waals surface area contributed by atoms with Crippen molar-refractivity contribution in [1.82, 2.24) is 14.9 Å². The molecule has 1 heterocycles. The van der Waals surface area contributed by atoms with Crippen LogP contribution in [0.5, 0.6) is 0 Å². The average Bonchev–Trinajstić information content (AvgIpc) is 2.65. The van der Waals surface area contributed by atoms with Crippen LogP contribution in [-0.4, -0.2) is 27.9 Å². The number of alkyl halides is 1. The second kappa shape index (κ2) is 5.88. The third-order valence-corrected chi connectivity index (χ3v) is 2.36. The maximum Gasteiger partial charge on any atom is 0.264 e. The average molecular weight is 220 g/mol. The second-order valence-corrected chi connectivity index (χ2v) is 3.60. The lowest BCUT2D eigenvalue weighted by molar-refractivity contribution is 0.0957. The molecule has 6 heteroatoms. The van der Waals surface area contributed by atoms with Crippen molar-refractivity contribution < 1.29 is 4.79 Å². The maximum absolute atomic E-state index is 11.3. The van der Waals surface area contributed by atoms with E-state index in [1.807, 2.05) is 0 Å². The van der Waals surface area contributed by atoms with Crippen LogP contribution in [0.15, 0.2) is 6.20 Å². The van der Waals surface area contributed by atoms with Gasteiger partial charge in [0.25, 0.3) is 5.91 Å². The van der Waals surface area contributed by atoms with Crippen molar-refractivity contribution in [1.29, 1.82) is 0 Å². The molecule has 1 amide bonds. The Morgan fingerprint density at radius 1 is 1.62 bits per heavy atom. The predicted molar refractivity (Wildman–Crippen MR) is 52.2 cm³/mol. The van der Waals surface area contributed by atoms with Gasteiger partial charge in [0.15, 0.2) is 0 Å². The SMILES string of the molecule is O=C(NCCCCCl)c1cnns1. The lowest BCUT2D eigenvalue weighted by Crippen LogP contribution is -2.23. The fourth-order valence-corrected chi connectivity index (χ4v) is 1.40. The van der Waals surface area contributed by atoms with Gasteiger partial charge in [0.1, 0.15) is 4.88 Å². The molecule has 0 unspecified atom stereocenters. The Morgan fingerprint density at radius 2 is 2.46 bits per heavy atom. The summed E-state index contributed by atoms with van der Waals surface area (Å²) in [4.78, 5) is 11.8. The Balaban J connectivity index is 2.19. The second-order valence-electron chi connectivity index (χ2n) is 2.43. The van der Waals surface area contributed by atoms with Crippen molar-refractivity contribution in [2.45, 2.75) is 12.8 Å². The lowest BCUT2D eigenvalue weighted by Gasteiger charge is -2.00. The first-order chi connectivity index (χ1) is 6.34. The molecule has 0 fully saturated rings. The Bertz CT molecular complexity index is 252. The fraction of sp³-hybridized carbons (Fsp3) is 0.571. The zero-order chi connectivity index (χ0) is 9.52. The number of carbonyl (C=O) groups is 1. The molecule has 0 aromatic carbocycles. The number of amides is 1. The van der Waals surface area contributed by atoms with E-state index in [1.54, 1.807) is 0 Å². The first-order valence-electron chi connectivity index (χ1n) is 3.96. The molecule has 1 N–H and O–H groups in total. The largest absolute Gasteiger partial charge is 0.351 e. The smallest absolute Gasteiger partial charge is 0.264 e. The van der Waals surface area contributed by atoms with Crippen molar-refractivity contribution in [3.05, 3.63) is 11.1 Å². The van der Waals surface area contributed by atoms with Crippen molar-refractivity contribution in [2.75, 3.05) is 12.4 Å². The summed E-state index contributed by atoms with van der Waals surface area (Å²) in [6.45, 7) is 0.656. The van der Waals surface area contributed by atoms with Gasteiger partial charge in [-0.3, -0.25) is 4.79 Å². The van der Waals surface area contributed by atoms with Gasteiger partial charge in [0, 0.05) is 12.4 Å². The van der Waals surface area contributed by atoms with E-state index >= 15 is 0 Å². The van der Waals surface area contributed by atoms with Gasteiger partial charge in [-0.05, 0) is 24.4 Å². The van der Waals surface area contributed by atoms with Crippen molar-refractivity contribution >= 4 is 29.0 Å². The van der Waals surface area contributed by atoms with Crippen molar-refractivity contribution in [2.24, 2.45) is 0 Å². The molecular formula is C7H10ClN3OS. The lowest BCUT2D eigenvalue weighted by atomic mass is 10.3. The molecule has 0 aliphatic heterocycles. The minimum Gasteiger partial charge on any atom is -0.351 e. The van der Waals surface area contributed by atoms with Crippen LogP contribution in [0.1, 0.15) is 22.5 Å². The molecule has 0 aliphatic carbocycles. The number of aromatic nitrogens is 2. The maximum atomic E-state index is 11.3. The van der Waals surface area contributed by atoms with Gasteiger partial charge in [0.05, 0.1) is 6.20 Å². The molecule has 0 saturated carbocycles. The molecule has 4 nitrogen and oxygen atoms in total. The van der Waals surface area contributed by atoms with Crippen LogP contribution in [0.3, 0.4) is 0 Å². The molecule has 0 saturated heterocycles. The molecule has 0 spiro atoms. The van der Waals surface area contributed by atoms with E-state index < -0.39 is 0 Å². The standard InChI is InChI=1S/C7H10ClN3OS/c8-3-1-2-4-9-7(12)6-5-10-11-13-6/h5H,1-4H2,(H,9,12). The topological polar surface area (TPSA) is 54.9 Å². The van der Waals surface area contributed by atoms with Crippen LogP contribution < -0.4 is 5.32 Å². The van der Waals surface area contributed by atoms with Crippen LogP contribution >= 0.6 is 23.1 Å². The van der Waals surface area contributed by atoms with Gasteiger partial charge in [-0.25, -0.2) is 0 Å². The fourth-order valence-electron chi connectivity index (χ4n) is 0.776. The molecule has 0 atom stereocenters. The van der Waals surface area contributed by atoms with Crippen LogP contribution in [0.25, 0.3) is 0 Å². The third kappa shape index (κ3) is 3.69. The van der Waals surface area contributed by atoms with E-state index in [4.69, 9.17) is 11.6 Å². The van der Waals surface area contributed by atoms with Crippen LogP contribution in [-0.2, 0) is 0 Å². The number of carbonyl (C=O) groups excluding carboxylic acids is 1. The molecule has 0 aliphatic rings. The van der Waals surface area contributed by atoms with Crippen LogP contribution in [0, 0.1) is 0 Å². The highest BCUT2D eigenvalue weighted by Crippen LogP contribution is 2.00. The molecule has 13 heavy (non-hydrogen) atoms. The van der Waals surface area contributed by atoms with Gasteiger partial charge in [-0.15, -0.1) is 16.7 Å². The Labute approximate surface area is 85.5 Å². The summed E-state index contributed by atoms with van der Waals surface area (Å²) < 4.78 is 3.60. The minimum atomic E-state index is -0.107. The molecule has 1 aromatic heterocycles. The number of halogens is 1. The molecule has 1 aromatic rings. The van der Waals surface area contributed by atoms with E-state index in [1.165, 1.54) is 6.20 Å². The summed E-state index contributed by atoms with van der Waals surface area (Å²) in [5.74, 6) is 0.530. The Hall–Kier alpha value is -0.680. The van der Waals surface area contributed by atoms with E-state index in [0.717, 1.165) is 24.4 Å². The van der Waals surface area contributed by atoms with E-state index in [2.05, 4.69) is 14.9 Å². The zero-order valence-electron chi connectivity index (χ0n) is 6.99. The number of unbranched alkanes of at least 4 members (excludes halogenated alkanes) is 1. The summed E-state index contributed by atoms with van der Waals surface area (Å²) in [7, 11) is 0. The quantitative estimate of drug-likeness (QED) is 0.600. The zero-order valence-corrected chi connectivity index (χ0v) is 8.57. The monoisotopic (exact) mass is 219 g/mol. The highest BCUT2D eigenvalue weighted by atomic mass is 35.5.